The van der Waals surface area contributed by atoms with Gasteiger partial charge in [0.25, 0.3) is 6.47 Å². The highest BCUT2D eigenvalue weighted by Crippen LogP contribution is 2.36. The van der Waals surface area contributed by atoms with Gasteiger partial charge in [-0.2, -0.15) is 0 Å². The lowest BCUT2D eigenvalue weighted by Crippen LogP contribution is -2.27. The lowest BCUT2D eigenvalue weighted by molar-refractivity contribution is -0.143. The SMILES string of the molecule is CCCC1(OC=O)CCCC1. The Labute approximate surface area is 67.9 Å². The summed E-state index contributed by atoms with van der Waals surface area (Å²) >= 11 is 0. The standard InChI is InChI=1S/C9H16O2/c1-2-5-9(11-8-10)6-3-4-7-9/h8H,2-7H2,1H3. The number of rotatable bonds is 4. The van der Waals surface area contributed by atoms with Crippen LogP contribution in [-0.2, 0) is 9.53 Å². The number of carbonyl (C=O) groups excluding carboxylic acids is 1. The Balaban J connectivity index is 2.46. The van der Waals surface area contributed by atoms with E-state index in [-0.39, 0.29) is 5.60 Å². The first-order valence-electron chi connectivity index (χ1n) is 4.44. The van der Waals surface area contributed by atoms with Crippen LogP contribution in [0.4, 0.5) is 0 Å². The Hall–Kier alpha value is -0.530. The quantitative estimate of drug-likeness (QED) is 0.584. The minimum absolute atomic E-state index is 0.0729. The van der Waals surface area contributed by atoms with Gasteiger partial charge < -0.3 is 4.74 Å². The van der Waals surface area contributed by atoms with Crippen LogP contribution in [0.15, 0.2) is 0 Å². The van der Waals surface area contributed by atoms with Gasteiger partial charge in [-0.15, -0.1) is 0 Å². The fourth-order valence-corrected chi connectivity index (χ4v) is 2.00. The largest absolute Gasteiger partial charge is 0.461 e. The van der Waals surface area contributed by atoms with Crippen molar-refractivity contribution in [2.24, 2.45) is 0 Å². The molecule has 0 bridgehead atoms. The van der Waals surface area contributed by atoms with Gasteiger partial charge in [-0.3, -0.25) is 4.79 Å². The highest BCUT2D eigenvalue weighted by Gasteiger charge is 2.34. The maximum Gasteiger partial charge on any atom is 0.293 e. The van der Waals surface area contributed by atoms with Gasteiger partial charge in [0.1, 0.15) is 5.60 Å². The summed E-state index contributed by atoms with van der Waals surface area (Å²) < 4.78 is 5.15. The van der Waals surface area contributed by atoms with Crippen LogP contribution in [0.1, 0.15) is 45.4 Å². The van der Waals surface area contributed by atoms with E-state index in [9.17, 15) is 4.79 Å². The van der Waals surface area contributed by atoms with Crippen LogP contribution >= 0.6 is 0 Å². The Kier molecular flexibility index (Phi) is 2.92. The van der Waals surface area contributed by atoms with Gasteiger partial charge >= 0.3 is 0 Å². The molecule has 0 saturated heterocycles. The molecule has 1 aliphatic carbocycles. The zero-order valence-electron chi connectivity index (χ0n) is 7.14. The first-order chi connectivity index (χ1) is 5.33. The third kappa shape index (κ3) is 1.95. The molecule has 0 heterocycles. The van der Waals surface area contributed by atoms with E-state index >= 15 is 0 Å². The van der Waals surface area contributed by atoms with Gasteiger partial charge in [0, 0.05) is 0 Å². The van der Waals surface area contributed by atoms with E-state index < -0.39 is 0 Å². The molecule has 0 unspecified atom stereocenters. The number of ether oxygens (including phenoxy) is 1. The Morgan fingerprint density at radius 1 is 1.45 bits per heavy atom. The van der Waals surface area contributed by atoms with Crippen LogP contribution in [0.5, 0.6) is 0 Å². The summed E-state index contributed by atoms with van der Waals surface area (Å²) in [4.78, 5) is 10.2. The third-order valence-corrected chi connectivity index (χ3v) is 2.52. The molecule has 0 N–H and O–H groups in total. The molecule has 0 aliphatic heterocycles. The minimum Gasteiger partial charge on any atom is -0.461 e. The van der Waals surface area contributed by atoms with Crippen molar-refractivity contribution >= 4 is 6.47 Å². The van der Waals surface area contributed by atoms with Crippen LogP contribution in [0.3, 0.4) is 0 Å². The van der Waals surface area contributed by atoms with Crippen LogP contribution in [0.2, 0.25) is 0 Å². The molecule has 0 aromatic rings. The van der Waals surface area contributed by atoms with Crippen LogP contribution in [-0.4, -0.2) is 12.1 Å². The summed E-state index contributed by atoms with van der Waals surface area (Å²) in [6.45, 7) is 2.75. The second-order valence-corrected chi connectivity index (χ2v) is 3.35. The predicted molar refractivity (Wildman–Crippen MR) is 43.3 cm³/mol. The monoisotopic (exact) mass is 156 g/mol. The summed E-state index contributed by atoms with van der Waals surface area (Å²) in [7, 11) is 0. The van der Waals surface area contributed by atoms with Gasteiger partial charge in [-0.1, -0.05) is 13.3 Å². The van der Waals surface area contributed by atoms with Crippen molar-refractivity contribution in [1.29, 1.82) is 0 Å². The normalized spacial score (nSPS) is 21.5. The van der Waals surface area contributed by atoms with E-state index in [4.69, 9.17) is 4.74 Å². The molecular weight excluding hydrogens is 140 g/mol. The number of hydrogen-bond donors (Lipinski definition) is 0. The summed E-state index contributed by atoms with van der Waals surface area (Å²) in [6.07, 6.45) is 6.71. The molecule has 1 fully saturated rings. The van der Waals surface area contributed by atoms with Crippen molar-refractivity contribution in [2.45, 2.75) is 51.0 Å². The molecule has 2 heteroatoms. The predicted octanol–water partition coefficient (Wildman–Crippen LogP) is 2.27. The maximum absolute atomic E-state index is 10.2. The van der Waals surface area contributed by atoms with E-state index in [1.54, 1.807) is 0 Å². The van der Waals surface area contributed by atoms with Crippen molar-refractivity contribution < 1.29 is 9.53 Å². The average Bonchev–Trinajstić information content (AvgIpc) is 2.39. The molecule has 0 amide bonds. The van der Waals surface area contributed by atoms with Gasteiger partial charge in [0.2, 0.25) is 0 Å². The smallest absolute Gasteiger partial charge is 0.293 e. The van der Waals surface area contributed by atoms with Gasteiger partial charge in [0.15, 0.2) is 0 Å². The van der Waals surface area contributed by atoms with Gasteiger partial charge in [-0.25, -0.2) is 0 Å². The van der Waals surface area contributed by atoms with Gasteiger partial charge in [-0.05, 0) is 32.1 Å². The van der Waals surface area contributed by atoms with E-state index in [2.05, 4.69) is 6.92 Å². The van der Waals surface area contributed by atoms with Crippen molar-refractivity contribution in [2.75, 3.05) is 0 Å². The van der Waals surface area contributed by atoms with Crippen molar-refractivity contribution in [3.8, 4) is 0 Å². The minimum atomic E-state index is -0.0729. The molecule has 64 valence electrons. The maximum atomic E-state index is 10.2. The lowest BCUT2D eigenvalue weighted by atomic mass is 9.96. The van der Waals surface area contributed by atoms with E-state index in [0.717, 1.165) is 25.7 Å². The number of carbonyl (C=O) groups is 1. The second kappa shape index (κ2) is 3.74. The Morgan fingerprint density at radius 3 is 2.55 bits per heavy atom. The van der Waals surface area contributed by atoms with Crippen molar-refractivity contribution in [3.05, 3.63) is 0 Å². The number of hydrogen-bond acceptors (Lipinski definition) is 2. The van der Waals surface area contributed by atoms with Crippen LogP contribution in [0.25, 0.3) is 0 Å². The zero-order chi connectivity index (χ0) is 8.16. The van der Waals surface area contributed by atoms with Crippen molar-refractivity contribution in [1.82, 2.24) is 0 Å². The summed E-state index contributed by atoms with van der Waals surface area (Å²) in [5.74, 6) is 0. The first kappa shape index (κ1) is 8.57. The molecule has 2 nitrogen and oxygen atoms in total. The molecule has 0 aromatic heterocycles. The lowest BCUT2D eigenvalue weighted by Gasteiger charge is -2.26. The molecular formula is C9H16O2. The highest BCUT2D eigenvalue weighted by molar-refractivity contribution is 5.38. The Morgan fingerprint density at radius 2 is 2.09 bits per heavy atom. The second-order valence-electron chi connectivity index (χ2n) is 3.35. The molecule has 1 aliphatic rings. The fourth-order valence-electron chi connectivity index (χ4n) is 2.00. The van der Waals surface area contributed by atoms with Crippen LogP contribution in [0, 0.1) is 0 Å². The molecule has 0 aromatic carbocycles. The van der Waals surface area contributed by atoms with E-state index in [1.807, 2.05) is 0 Å². The van der Waals surface area contributed by atoms with Crippen molar-refractivity contribution in [3.63, 3.8) is 0 Å². The molecule has 1 saturated carbocycles. The van der Waals surface area contributed by atoms with E-state index in [1.165, 1.54) is 12.8 Å². The summed E-state index contributed by atoms with van der Waals surface area (Å²) in [5.41, 5.74) is -0.0729. The molecule has 1 rings (SSSR count). The first-order valence-corrected chi connectivity index (χ1v) is 4.44. The molecule has 0 radical (unpaired) electrons. The van der Waals surface area contributed by atoms with Gasteiger partial charge in [0.05, 0.1) is 0 Å². The summed E-state index contributed by atoms with van der Waals surface area (Å²) in [6, 6.07) is 0. The summed E-state index contributed by atoms with van der Waals surface area (Å²) in [5, 5.41) is 0. The third-order valence-electron chi connectivity index (χ3n) is 2.52. The van der Waals surface area contributed by atoms with E-state index in [0.29, 0.717) is 6.47 Å². The topological polar surface area (TPSA) is 26.3 Å². The van der Waals surface area contributed by atoms with Crippen LogP contribution < -0.4 is 0 Å². The molecule has 0 spiro atoms. The highest BCUT2D eigenvalue weighted by atomic mass is 16.5. The fraction of sp³-hybridized carbons (Fsp3) is 0.889. The average molecular weight is 156 g/mol. The Bertz CT molecular complexity index is 126. The molecule has 11 heavy (non-hydrogen) atoms. The zero-order valence-corrected chi connectivity index (χ0v) is 7.14. The molecule has 0 atom stereocenters.